The number of hydrogen-bond donors (Lipinski definition) is 2. The van der Waals surface area contributed by atoms with E-state index in [0.29, 0.717) is 13.0 Å². The van der Waals surface area contributed by atoms with E-state index < -0.39 is 9.84 Å². The maximum Gasteiger partial charge on any atom is 0.251 e. The van der Waals surface area contributed by atoms with E-state index in [9.17, 15) is 18.3 Å². The van der Waals surface area contributed by atoms with Crippen LogP contribution >= 0.6 is 11.6 Å². The van der Waals surface area contributed by atoms with Crippen LogP contribution in [-0.4, -0.2) is 38.3 Å². The van der Waals surface area contributed by atoms with E-state index in [2.05, 4.69) is 5.32 Å². The summed E-state index contributed by atoms with van der Waals surface area (Å²) in [7, 11) is -3.47. The molecule has 21 heavy (non-hydrogen) atoms. The molecule has 116 valence electrons. The zero-order chi connectivity index (χ0) is 15.6. The Morgan fingerprint density at radius 1 is 1.43 bits per heavy atom. The van der Waals surface area contributed by atoms with Gasteiger partial charge < -0.3 is 10.4 Å². The van der Waals surface area contributed by atoms with Crippen LogP contribution < -0.4 is 5.32 Å². The molecule has 1 aliphatic carbocycles. The lowest BCUT2D eigenvalue weighted by molar-refractivity contribution is 0.0945. The number of hydrogen-bond acceptors (Lipinski definition) is 4. The lowest BCUT2D eigenvalue weighted by atomic mass is 10.1. The van der Waals surface area contributed by atoms with Crippen LogP contribution in [0.2, 0.25) is 5.02 Å². The van der Waals surface area contributed by atoms with Crippen molar-refractivity contribution in [2.45, 2.75) is 30.3 Å². The molecule has 1 aromatic rings. The van der Waals surface area contributed by atoms with Crippen molar-refractivity contribution in [2.75, 3.05) is 12.8 Å². The van der Waals surface area contributed by atoms with Gasteiger partial charge in [-0.1, -0.05) is 11.6 Å². The minimum Gasteiger partial charge on any atom is -0.393 e. The van der Waals surface area contributed by atoms with Crippen molar-refractivity contribution in [1.29, 1.82) is 0 Å². The number of benzene rings is 1. The fourth-order valence-electron chi connectivity index (χ4n) is 2.50. The molecule has 2 unspecified atom stereocenters. The lowest BCUT2D eigenvalue weighted by Crippen LogP contribution is -2.28. The normalized spacial score (nSPS) is 22.2. The van der Waals surface area contributed by atoms with Crippen LogP contribution in [0.25, 0.3) is 0 Å². The largest absolute Gasteiger partial charge is 0.393 e. The van der Waals surface area contributed by atoms with Gasteiger partial charge in [0.25, 0.3) is 5.91 Å². The second-order valence-corrected chi connectivity index (χ2v) is 7.85. The van der Waals surface area contributed by atoms with Crippen LogP contribution in [-0.2, 0) is 9.84 Å². The molecule has 0 radical (unpaired) electrons. The molecule has 0 saturated heterocycles. The van der Waals surface area contributed by atoms with Gasteiger partial charge in [0.2, 0.25) is 0 Å². The summed E-state index contributed by atoms with van der Waals surface area (Å²) in [4.78, 5) is 12.0. The van der Waals surface area contributed by atoms with Crippen molar-refractivity contribution in [3.05, 3.63) is 28.8 Å². The first kappa shape index (κ1) is 16.3. The average molecular weight is 332 g/mol. The Hall–Kier alpha value is -1.11. The highest BCUT2D eigenvalue weighted by Gasteiger charge is 2.23. The molecule has 2 rings (SSSR count). The summed E-state index contributed by atoms with van der Waals surface area (Å²) in [6, 6.07) is 4.19. The summed E-state index contributed by atoms with van der Waals surface area (Å²) in [6.45, 7) is 0.479. The van der Waals surface area contributed by atoms with Crippen LogP contribution in [0.5, 0.6) is 0 Å². The molecular formula is C14H18ClNO4S. The van der Waals surface area contributed by atoms with Crippen molar-refractivity contribution in [1.82, 2.24) is 5.32 Å². The summed E-state index contributed by atoms with van der Waals surface area (Å²) >= 11 is 5.84. The molecule has 7 heteroatoms. The number of nitrogens with one attached hydrogen (secondary N) is 1. The molecule has 1 saturated carbocycles. The molecule has 2 N–H and O–H groups in total. The van der Waals surface area contributed by atoms with Crippen LogP contribution in [0.4, 0.5) is 0 Å². The molecule has 1 amide bonds. The summed E-state index contributed by atoms with van der Waals surface area (Å²) in [5.41, 5.74) is 0.262. The van der Waals surface area contributed by atoms with Crippen LogP contribution in [0.1, 0.15) is 29.6 Å². The first-order valence-electron chi connectivity index (χ1n) is 6.73. The van der Waals surface area contributed by atoms with Gasteiger partial charge in [0.1, 0.15) is 0 Å². The highest BCUT2D eigenvalue weighted by molar-refractivity contribution is 7.90. The molecular weight excluding hydrogens is 314 g/mol. The molecule has 0 aromatic heterocycles. The minimum atomic E-state index is -3.47. The number of rotatable bonds is 4. The van der Waals surface area contributed by atoms with E-state index in [4.69, 9.17) is 11.6 Å². The fourth-order valence-corrected chi connectivity index (χ4v) is 3.80. The maximum atomic E-state index is 12.1. The first-order valence-corrected chi connectivity index (χ1v) is 9.00. The highest BCUT2D eigenvalue weighted by atomic mass is 35.5. The van der Waals surface area contributed by atoms with Crippen molar-refractivity contribution < 1.29 is 18.3 Å². The quantitative estimate of drug-likeness (QED) is 0.878. The van der Waals surface area contributed by atoms with Gasteiger partial charge in [0.05, 0.1) is 16.0 Å². The smallest absolute Gasteiger partial charge is 0.251 e. The van der Waals surface area contributed by atoms with Crippen molar-refractivity contribution in [3.63, 3.8) is 0 Å². The van der Waals surface area contributed by atoms with E-state index in [1.165, 1.54) is 18.2 Å². The summed E-state index contributed by atoms with van der Waals surface area (Å²) in [6.07, 6.45) is 3.11. The summed E-state index contributed by atoms with van der Waals surface area (Å²) < 4.78 is 23.2. The van der Waals surface area contributed by atoms with Gasteiger partial charge in [-0.05, 0) is 43.4 Å². The number of amides is 1. The Balaban J connectivity index is 2.06. The number of sulfone groups is 1. The number of carbonyl (C=O) groups excluding carboxylic acids is 1. The maximum absolute atomic E-state index is 12.1. The zero-order valence-corrected chi connectivity index (χ0v) is 13.2. The Labute approximate surface area is 129 Å². The van der Waals surface area contributed by atoms with Gasteiger partial charge in [0, 0.05) is 18.4 Å². The van der Waals surface area contributed by atoms with Gasteiger partial charge in [-0.15, -0.1) is 0 Å². The number of aliphatic hydroxyl groups excluding tert-OH is 1. The average Bonchev–Trinajstić information content (AvgIpc) is 2.81. The summed E-state index contributed by atoms with van der Waals surface area (Å²) in [5, 5.41) is 12.3. The molecule has 1 aliphatic rings. The molecule has 1 aromatic carbocycles. The SMILES string of the molecule is CS(=O)(=O)c1cc(C(=O)NCC2CCC(O)C2)ccc1Cl. The van der Waals surface area contributed by atoms with Crippen LogP contribution in [0.3, 0.4) is 0 Å². The van der Waals surface area contributed by atoms with Crippen molar-refractivity contribution >= 4 is 27.3 Å². The number of carbonyl (C=O) groups is 1. The molecule has 0 heterocycles. The molecule has 1 fully saturated rings. The van der Waals surface area contributed by atoms with E-state index in [1.54, 1.807) is 0 Å². The predicted octanol–water partition coefficient (Wildman–Crippen LogP) is 1.63. The zero-order valence-electron chi connectivity index (χ0n) is 11.7. The minimum absolute atomic E-state index is 0.0481. The Morgan fingerprint density at radius 3 is 2.71 bits per heavy atom. The van der Waals surface area contributed by atoms with Crippen LogP contribution in [0, 0.1) is 5.92 Å². The van der Waals surface area contributed by atoms with E-state index in [-0.39, 0.29) is 33.4 Å². The monoisotopic (exact) mass is 331 g/mol. The van der Waals surface area contributed by atoms with E-state index in [0.717, 1.165) is 19.1 Å². The third-order valence-electron chi connectivity index (χ3n) is 3.66. The topological polar surface area (TPSA) is 83.5 Å². The fraction of sp³-hybridized carbons (Fsp3) is 0.500. The predicted molar refractivity (Wildman–Crippen MR) is 80.2 cm³/mol. The van der Waals surface area contributed by atoms with Gasteiger partial charge in [-0.25, -0.2) is 8.42 Å². The molecule has 0 aliphatic heterocycles. The first-order chi connectivity index (χ1) is 9.77. The number of aliphatic hydroxyl groups is 1. The van der Waals surface area contributed by atoms with Crippen LogP contribution in [0.15, 0.2) is 23.1 Å². The van der Waals surface area contributed by atoms with Gasteiger partial charge in [0.15, 0.2) is 9.84 Å². The Morgan fingerprint density at radius 2 is 2.14 bits per heavy atom. The van der Waals surface area contributed by atoms with E-state index >= 15 is 0 Å². The van der Waals surface area contributed by atoms with Gasteiger partial charge in [-0.3, -0.25) is 4.79 Å². The second kappa shape index (κ2) is 6.34. The van der Waals surface area contributed by atoms with E-state index in [1.807, 2.05) is 0 Å². The number of halogens is 1. The third kappa shape index (κ3) is 4.18. The molecule has 2 atom stereocenters. The van der Waals surface area contributed by atoms with Gasteiger partial charge in [-0.2, -0.15) is 0 Å². The second-order valence-electron chi connectivity index (χ2n) is 5.46. The van der Waals surface area contributed by atoms with Crippen molar-refractivity contribution in [2.24, 2.45) is 5.92 Å². The molecule has 0 spiro atoms. The Bertz CT molecular complexity index is 644. The lowest BCUT2D eigenvalue weighted by Gasteiger charge is -2.11. The Kier molecular flexibility index (Phi) is 4.91. The van der Waals surface area contributed by atoms with Crippen molar-refractivity contribution in [3.8, 4) is 0 Å². The highest BCUT2D eigenvalue weighted by Crippen LogP contribution is 2.25. The third-order valence-corrected chi connectivity index (χ3v) is 5.24. The summed E-state index contributed by atoms with van der Waals surface area (Å²) in [5.74, 6) is -0.0661. The standard InChI is InChI=1S/C14H18ClNO4S/c1-21(19,20)13-7-10(3-5-12(13)15)14(18)16-8-9-2-4-11(17)6-9/h3,5,7,9,11,17H,2,4,6,8H2,1H3,(H,16,18). The molecule has 5 nitrogen and oxygen atoms in total. The van der Waals surface area contributed by atoms with Gasteiger partial charge >= 0.3 is 0 Å². The molecule has 0 bridgehead atoms.